The number of benzene rings is 1. The van der Waals surface area contributed by atoms with Crippen LogP contribution in [0.1, 0.15) is 18.4 Å². The van der Waals surface area contributed by atoms with Crippen molar-refractivity contribution in [3.8, 4) is 0 Å². The Balaban J connectivity index is 2.16. The first-order valence-corrected chi connectivity index (χ1v) is 4.41. The van der Waals surface area contributed by atoms with E-state index in [0.717, 1.165) is 19.4 Å². The number of hydrogen-bond donors (Lipinski definition) is 2. The lowest BCUT2D eigenvalue weighted by atomic mass is 10.1. The van der Waals surface area contributed by atoms with Crippen LogP contribution in [-0.4, -0.2) is 6.54 Å². The molecule has 0 saturated carbocycles. The van der Waals surface area contributed by atoms with Crippen molar-refractivity contribution in [2.75, 3.05) is 6.54 Å². The summed E-state index contributed by atoms with van der Waals surface area (Å²) in [6, 6.07) is 10.5. The van der Waals surface area contributed by atoms with E-state index in [2.05, 4.69) is 29.7 Å². The fourth-order valence-corrected chi connectivity index (χ4v) is 1.20. The topological polar surface area (TPSA) is 38.0 Å². The van der Waals surface area contributed by atoms with E-state index in [1.807, 2.05) is 6.07 Å². The van der Waals surface area contributed by atoms with Crippen molar-refractivity contribution in [1.29, 1.82) is 0 Å². The van der Waals surface area contributed by atoms with E-state index < -0.39 is 0 Å². The molecule has 0 aromatic heterocycles. The van der Waals surface area contributed by atoms with Crippen molar-refractivity contribution in [3.05, 3.63) is 35.9 Å². The molecule has 2 heteroatoms. The maximum atomic E-state index is 5.16. The van der Waals surface area contributed by atoms with E-state index in [4.69, 9.17) is 5.84 Å². The zero-order valence-electron chi connectivity index (χ0n) is 7.29. The number of hydrogen-bond acceptors (Lipinski definition) is 2. The van der Waals surface area contributed by atoms with E-state index in [9.17, 15) is 0 Å². The van der Waals surface area contributed by atoms with Gasteiger partial charge in [-0.3, -0.25) is 11.3 Å². The maximum Gasteiger partial charge on any atom is 0.00975 e. The highest BCUT2D eigenvalue weighted by Gasteiger charge is 1.90. The molecule has 0 aliphatic heterocycles. The molecule has 1 aromatic rings. The second-order valence-corrected chi connectivity index (χ2v) is 2.90. The monoisotopic (exact) mass is 164 g/mol. The van der Waals surface area contributed by atoms with Crippen LogP contribution >= 0.6 is 0 Å². The van der Waals surface area contributed by atoms with Gasteiger partial charge in [-0.2, -0.15) is 0 Å². The molecule has 12 heavy (non-hydrogen) atoms. The minimum absolute atomic E-state index is 0.910. The van der Waals surface area contributed by atoms with Crippen LogP contribution in [0.25, 0.3) is 0 Å². The van der Waals surface area contributed by atoms with Crippen molar-refractivity contribution < 1.29 is 0 Å². The molecule has 0 amide bonds. The van der Waals surface area contributed by atoms with Gasteiger partial charge in [-0.15, -0.1) is 0 Å². The molecular weight excluding hydrogens is 148 g/mol. The first-order chi connectivity index (χ1) is 5.93. The summed E-state index contributed by atoms with van der Waals surface area (Å²) in [6.45, 7) is 0.910. The highest BCUT2D eigenvalue weighted by Crippen LogP contribution is 2.03. The zero-order valence-corrected chi connectivity index (χ0v) is 7.29. The predicted octanol–water partition coefficient (Wildman–Crippen LogP) is 1.47. The lowest BCUT2D eigenvalue weighted by molar-refractivity contribution is 0.645. The number of hydrazine groups is 1. The molecule has 0 saturated heterocycles. The highest BCUT2D eigenvalue weighted by molar-refractivity contribution is 5.14. The van der Waals surface area contributed by atoms with Crippen LogP contribution in [0.4, 0.5) is 0 Å². The Morgan fingerprint density at radius 3 is 2.50 bits per heavy atom. The van der Waals surface area contributed by atoms with Gasteiger partial charge in [0, 0.05) is 6.54 Å². The maximum absolute atomic E-state index is 5.16. The Morgan fingerprint density at radius 1 is 1.08 bits per heavy atom. The summed E-state index contributed by atoms with van der Waals surface area (Å²) in [5, 5.41) is 0. The van der Waals surface area contributed by atoms with Crippen LogP contribution in [0.5, 0.6) is 0 Å². The number of unbranched alkanes of at least 4 members (excludes halogenated alkanes) is 1. The SMILES string of the molecule is NNCCCCc1ccccc1. The van der Waals surface area contributed by atoms with Gasteiger partial charge in [0.15, 0.2) is 0 Å². The van der Waals surface area contributed by atoms with Gasteiger partial charge in [-0.05, 0) is 24.8 Å². The van der Waals surface area contributed by atoms with Crippen molar-refractivity contribution in [1.82, 2.24) is 5.43 Å². The normalized spacial score (nSPS) is 10.1. The van der Waals surface area contributed by atoms with Gasteiger partial charge in [0.25, 0.3) is 0 Å². The van der Waals surface area contributed by atoms with Crippen LogP contribution in [0.2, 0.25) is 0 Å². The van der Waals surface area contributed by atoms with Gasteiger partial charge < -0.3 is 0 Å². The number of rotatable bonds is 5. The fraction of sp³-hybridized carbons (Fsp3) is 0.400. The number of nitrogens with two attached hydrogens (primary N) is 1. The molecule has 0 aliphatic carbocycles. The molecule has 1 aromatic carbocycles. The zero-order chi connectivity index (χ0) is 8.65. The summed E-state index contributed by atoms with van der Waals surface area (Å²) < 4.78 is 0. The van der Waals surface area contributed by atoms with Crippen LogP contribution in [0.3, 0.4) is 0 Å². The van der Waals surface area contributed by atoms with E-state index in [-0.39, 0.29) is 0 Å². The third-order valence-electron chi connectivity index (χ3n) is 1.88. The van der Waals surface area contributed by atoms with Gasteiger partial charge >= 0.3 is 0 Å². The average molecular weight is 164 g/mol. The standard InChI is InChI=1S/C10H16N2/c11-12-9-5-4-8-10-6-2-1-3-7-10/h1-3,6-7,12H,4-5,8-9,11H2. The predicted molar refractivity (Wildman–Crippen MR) is 51.6 cm³/mol. The quantitative estimate of drug-likeness (QED) is 0.393. The summed E-state index contributed by atoms with van der Waals surface area (Å²) in [4.78, 5) is 0. The van der Waals surface area contributed by atoms with Gasteiger partial charge in [-0.1, -0.05) is 30.3 Å². The Bertz CT molecular complexity index is 196. The Morgan fingerprint density at radius 2 is 1.83 bits per heavy atom. The summed E-state index contributed by atoms with van der Waals surface area (Å²) >= 11 is 0. The second-order valence-electron chi connectivity index (χ2n) is 2.90. The molecule has 0 unspecified atom stereocenters. The smallest absolute Gasteiger partial charge is 0.00975 e. The Hall–Kier alpha value is -0.860. The van der Waals surface area contributed by atoms with Gasteiger partial charge in [0.05, 0.1) is 0 Å². The molecular formula is C10H16N2. The van der Waals surface area contributed by atoms with Gasteiger partial charge in [0.1, 0.15) is 0 Å². The lowest BCUT2D eigenvalue weighted by Gasteiger charge is -2.00. The van der Waals surface area contributed by atoms with Crippen LogP contribution in [0.15, 0.2) is 30.3 Å². The minimum Gasteiger partial charge on any atom is -0.271 e. The lowest BCUT2D eigenvalue weighted by Crippen LogP contribution is -2.22. The number of nitrogens with one attached hydrogen (secondary N) is 1. The van der Waals surface area contributed by atoms with E-state index in [0.29, 0.717) is 0 Å². The Kier molecular flexibility index (Phi) is 4.42. The molecule has 0 radical (unpaired) electrons. The highest BCUT2D eigenvalue weighted by atomic mass is 15.2. The molecule has 0 spiro atoms. The summed E-state index contributed by atoms with van der Waals surface area (Å²) in [5.74, 6) is 5.16. The van der Waals surface area contributed by atoms with Crippen molar-refractivity contribution >= 4 is 0 Å². The summed E-state index contributed by atoms with van der Waals surface area (Å²) in [7, 11) is 0. The third kappa shape index (κ3) is 3.51. The molecule has 66 valence electrons. The third-order valence-corrected chi connectivity index (χ3v) is 1.88. The van der Waals surface area contributed by atoms with E-state index in [1.54, 1.807) is 0 Å². The summed E-state index contributed by atoms with van der Waals surface area (Å²) in [5.41, 5.74) is 4.07. The number of aryl methyl sites for hydroxylation is 1. The average Bonchev–Trinajstić information content (AvgIpc) is 2.14. The molecule has 0 fully saturated rings. The molecule has 0 atom stereocenters. The van der Waals surface area contributed by atoms with Crippen LogP contribution in [0, 0.1) is 0 Å². The molecule has 0 heterocycles. The van der Waals surface area contributed by atoms with Crippen molar-refractivity contribution in [2.24, 2.45) is 5.84 Å². The minimum atomic E-state index is 0.910. The summed E-state index contributed by atoms with van der Waals surface area (Å²) in [6.07, 6.45) is 3.50. The molecule has 2 nitrogen and oxygen atoms in total. The van der Waals surface area contributed by atoms with Crippen molar-refractivity contribution in [2.45, 2.75) is 19.3 Å². The molecule has 0 aliphatic rings. The van der Waals surface area contributed by atoms with Gasteiger partial charge in [-0.25, -0.2) is 0 Å². The van der Waals surface area contributed by atoms with E-state index >= 15 is 0 Å². The fourth-order valence-electron chi connectivity index (χ4n) is 1.20. The first kappa shape index (κ1) is 9.23. The van der Waals surface area contributed by atoms with Gasteiger partial charge in [0.2, 0.25) is 0 Å². The molecule has 1 rings (SSSR count). The van der Waals surface area contributed by atoms with Crippen LogP contribution in [-0.2, 0) is 6.42 Å². The van der Waals surface area contributed by atoms with Crippen molar-refractivity contribution in [3.63, 3.8) is 0 Å². The van der Waals surface area contributed by atoms with Crippen LogP contribution < -0.4 is 11.3 Å². The van der Waals surface area contributed by atoms with E-state index in [1.165, 1.54) is 12.0 Å². The molecule has 0 bridgehead atoms. The molecule has 3 N–H and O–H groups in total. The Labute approximate surface area is 73.8 Å². The second kappa shape index (κ2) is 5.75. The first-order valence-electron chi connectivity index (χ1n) is 4.41. The largest absolute Gasteiger partial charge is 0.271 e.